The fraction of sp³-hybridized carbons (Fsp3) is 0.118. The van der Waals surface area contributed by atoms with Crippen LogP contribution in [-0.4, -0.2) is 12.1 Å². The number of halogens is 3. The number of rotatable bonds is 2. The molecule has 0 aliphatic carbocycles. The van der Waals surface area contributed by atoms with Crippen molar-refractivity contribution in [3.05, 3.63) is 60.2 Å². The molecule has 112 valence electrons. The van der Waals surface area contributed by atoms with Crippen LogP contribution in [-0.2, 0) is 6.18 Å². The van der Waals surface area contributed by atoms with Crippen molar-refractivity contribution in [1.29, 1.82) is 0 Å². The van der Waals surface area contributed by atoms with Crippen LogP contribution in [0.2, 0.25) is 0 Å². The lowest BCUT2D eigenvalue weighted by Gasteiger charge is -2.08. The zero-order chi connectivity index (χ0) is 15.7. The molecule has 0 atom stereocenters. The van der Waals surface area contributed by atoms with Crippen LogP contribution in [0, 0.1) is 0 Å². The molecular formula is C17H12F3NO. The molecule has 0 N–H and O–H groups in total. The Bertz CT molecular complexity index is 810. The van der Waals surface area contributed by atoms with Gasteiger partial charge in [-0.3, -0.25) is 0 Å². The van der Waals surface area contributed by atoms with Crippen LogP contribution in [0.4, 0.5) is 13.2 Å². The van der Waals surface area contributed by atoms with E-state index >= 15 is 0 Å². The van der Waals surface area contributed by atoms with Crippen LogP contribution in [0.1, 0.15) is 5.56 Å². The third-order valence-corrected chi connectivity index (χ3v) is 3.40. The second kappa shape index (κ2) is 5.33. The second-order valence-corrected chi connectivity index (χ2v) is 4.83. The summed E-state index contributed by atoms with van der Waals surface area (Å²) in [4.78, 5) is 4.42. The molecule has 22 heavy (non-hydrogen) atoms. The van der Waals surface area contributed by atoms with Gasteiger partial charge in [-0.25, -0.2) is 4.98 Å². The lowest BCUT2D eigenvalue weighted by molar-refractivity contribution is -0.137. The molecule has 0 radical (unpaired) electrons. The standard InChI is InChI=1S/C17H12F3NO/c1-22-14-6-2-11(3-7-14)15-8-4-12-10-13(17(18,19)20)5-9-16(12)21-15/h2-10H,1H3. The Morgan fingerprint density at radius 2 is 1.64 bits per heavy atom. The Balaban J connectivity index is 2.02. The molecular weight excluding hydrogens is 291 g/mol. The van der Waals surface area contributed by atoms with Crippen molar-refractivity contribution < 1.29 is 17.9 Å². The molecule has 0 unspecified atom stereocenters. The fourth-order valence-electron chi connectivity index (χ4n) is 2.22. The highest BCUT2D eigenvalue weighted by Crippen LogP contribution is 2.31. The minimum absolute atomic E-state index is 0.465. The van der Waals surface area contributed by atoms with E-state index in [4.69, 9.17) is 4.74 Å². The Hall–Kier alpha value is -2.56. The summed E-state index contributed by atoms with van der Waals surface area (Å²) < 4.78 is 43.2. The first-order valence-electron chi connectivity index (χ1n) is 6.60. The van der Waals surface area contributed by atoms with Gasteiger partial charge >= 0.3 is 6.18 Å². The second-order valence-electron chi connectivity index (χ2n) is 4.83. The molecule has 0 aliphatic heterocycles. The monoisotopic (exact) mass is 303 g/mol. The van der Waals surface area contributed by atoms with Crippen LogP contribution >= 0.6 is 0 Å². The van der Waals surface area contributed by atoms with Gasteiger partial charge in [0.05, 0.1) is 23.9 Å². The number of fused-ring (bicyclic) bond motifs is 1. The Morgan fingerprint density at radius 3 is 2.27 bits per heavy atom. The van der Waals surface area contributed by atoms with E-state index in [2.05, 4.69) is 4.98 Å². The fourth-order valence-corrected chi connectivity index (χ4v) is 2.22. The van der Waals surface area contributed by atoms with Crippen LogP contribution < -0.4 is 4.74 Å². The summed E-state index contributed by atoms with van der Waals surface area (Å²) in [6, 6.07) is 14.3. The third-order valence-electron chi connectivity index (χ3n) is 3.40. The van der Waals surface area contributed by atoms with E-state index < -0.39 is 11.7 Å². The predicted molar refractivity (Wildman–Crippen MR) is 78.7 cm³/mol. The van der Waals surface area contributed by atoms with Crippen molar-refractivity contribution in [2.24, 2.45) is 0 Å². The normalized spacial score (nSPS) is 11.6. The van der Waals surface area contributed by atoms with E-state index in [0.717, 1.165) is 23.4 Å². The van der Waals surface area contributed by atoms with E-state index in [9.17, 15) is 13.2 Å². The number of alkyl halides is 3. The molecule has 0 spiro atoms. The summed E-state index contributed by atoms with van der Waals surface area (Å²) in [5, 5.41) is 0.465. The molecule has 3 rings (SSSR count). The minimum atomic E-state index is -4.34. The summed E-state index contributed by atoms with van der Waals surface area (Å²) in [6.07, 6.45) is -4.34. The molecule has 0 saturated heterocycles. The third kappa shape index (κ3) is 2.74. The summed E-state index contributed by atoms with van der Waals surface area (Å²) in [5.41, 5.74) is 1.44. The maximum atomic E-state index is 12.7. The average Bonchev–Trinajstić information content (AvgIpc) is 2.53. The lowest BCUT2D eigenvalue weighted by Crippen LogP contribution is -2.04. The van der Waals surface area contributed by atoms with Crippen molar-refractivity contribution in [1.82, 2.24) is 4.98 Å². The van der Waals surface area contributed by atoms with Crippen LogP contribution in [0.5, 0.6) is 5.75 Å². The van der Waals surface area contributed by atoms with Gasteiger partial charge in [-0.2, -0.15) is 13.2 Å². The van der Waals surface area contributed by atoms with Gasteiger partial charge in [0.1, 0.15) is 5.75 Å². The Kier molecular flexibility index (Phi) is 3.48. The van der Waals surface area contributed by atoms with Gasteiger partial charge in [-0.1, -0.05) is 6.07 Å². The number of methoxy groups -OCH3 is 1. The number of hydrogen-bond donors (Lipinski definition) is 0. The summed E-state index contributed by atoms with van der Waals surface area (Å²) in [7, 11) is 1.58. The first-order valence-corrected chi connectivity index (χ1v) is 6.60. The number of aromatic nitrogens is 1. The van der Waals surface area contributed by atoms with E-state index in [1.165, 1.54) is 6.07 Å². The highest BCUT2D eigenvalue weighted by Gasteiger charge is 2.30. The summed E-state index contributed by atoms with van der Waals surface area (Å²) in [5.74, 6) is 0.736. The highest BCUT2D eigenvalue weighted by atomic mass is 19.4. The lowest BCUT2D eigenvalue weighted by atomic mass is 10.1. The van der Waals surface area contributed by atoms with Crippen LogP contribution in [0.3, 0.4) is 0 Å². The number of benzene rings is 2. The van der Waals surface area contributed by atoms with Gasteiger partial charge in [0.2, 0.25) is 0 Å². The topological polar surface area (TPSA) is 22.1 Å². The Morgan fingerprint density at radius 1 is 0.909 bits per heavy atom. The van der Waals surface area contributed by atoms with Gasteiger partial charge in [0.15, 0.2) is 0 Å². The number of nitrogens with zero attached hydrogens (tertiary/aromatic N) is 1. The zero-order valence-corrected chi connectivity index (χ0v) is 11.7. The Labute approximate surface area is 125 Å². The van der Waals surface area contributed by atoms with E-state index in [0.29, 0.717) is 16.6 Å². The maximum absolute atomic E-state index is 12.7. The number of ether oxygens (including phenoxy) is 1. The molecule has 5 heteroatoms. The SMILES string of the molecule is COc1ccc(-c2ccc3cc(C(F)(F)F)ccc3n2)cc1. The van der Waals surface area contributed by atoms with Crippen LogP contribution in [0.25, 0.3) is 22.2 Å². The van der Waals surface area contributed by atoms with Gasteiger partial charge in [0.25, 0.3) is 0 Å². The number of hydrogen-bond acceptors (Lipinski definition) is 2. The molecule has 0 saturated carbocycles. The van der Waals surface area contributed by atoms with Crippen LogP contribution in [0.15, 0.2) is 54.6 Å². The van der Waals surface area contributed by atoms with Crippen molar-refractivity contribution in [2.45, 2.75) is 6.18 Å². The van der Waals surface area contributed by atoms with E-state index in [1.54, 1.807) is 19.2 Å². The molecule has 1 aromatic heterocycles. The first-order chi connectivity index (χ1) is 10.5. The van der Waals surface area contributed by atoms with Gasteiger partial charge < -0.3 is 4.74 Å². The molecule has 1 heterocycles. The van der Waals surface area contributed by atoms with Crippen molar-refractivity contribution in [3.63, 3.8) is 0 Å². The largest absolute Gasteiger partial charge is 0.497 e. The molecule has 0 fully saturated rings. The smallest absolute Gasteiger partial charge is 0.416 e. The number of pyridine rings is 1. The molecule has 2 aromatic carbocycles. The average molecular weight is 303 g/mol. The molecule has 2 nitrogen and oxygen atoms in total. The van der Waals surface area contributed by atoms with Gasteiger partial charge in [-0.15, -0.1) is 0 Å². The first kappa shape index (κ1) is 14.4. The molecule has 3 aromatic rings. The maximum Gasteiger partial charge on any atom is 0.416 e. The summed E-state index contributed by atoms with van der Waals surface area (Å²) >= 11 is 0. The predicted octanol–water partition coefficient (Wildman–Crippen LogP) is 4.93. The van der Waals surface area contributed by atoms with Gasteiger partial charge in [-0.05, 0) is 48.5 Å². The zero-order valence-electron chi connectivity index (χ0n) is 11.7. The van der Waals surface area contributed by atoms with E-state index in [1.807, 2.05) is 24.3 Å². The van der Waals surface area contributed by atoms with Crippen molar-refractivity contribution in [2.75, 3.05) is 7.11 Å². The van der Waals surface area contributed by atoms with Gasteiger partial charge in [0, 0.05) is 10.9 Å². The summed E-state index contributed by atoms with van der Waals surface area (Å²) in [6.45, 7) is 0. The molecule has 0 amide bonds. The molecule has 0 bridgehead atoms. The highest BCUT2D eigenvalue weighted by molar-refractivity contribution is 5.82. The van der Waals surface area contributed by atoms with Crippen molar-refractivity contribution >= 4 is 10.9 Å². The minimum Gasteiger partial charge on any atom is -0.497 e. The quantitative estimate of drug-likeness (QED) is 0.669. The molecule has 0 aliphatic rings. The van der Waals surface area contributed by atoms with E-state index in [-0.39, 0.29) is 0 Å². The van der Waals surface area contributed by atoms with Crippen molar-refractivity contribution in [3.8, 4) is 17.0 Å².